The van der Waals surface area contributed by atoms with Gasteiger partial charge < -0.3 is 30.0 Å². The summed E-state index contributed by atoms with van der Waals surface area (Å²) < 4.78 is 16.2. The Balaban J connectivity index is 1.68. The Hall–Kier alpha value is -4.11. The van der Waals surface area contributed by atoms with Crippen molar-refractivity contribution >= 4 is 29.5 Å². The van der Waals surface area contributed by atoms with Crippen LogP contribution in [0.5, 0.6) is 11.5 Å². The van der Waals surface area contributed by atoms with Crippen molar-refractivity contribution in [2.24, 2.45) is 0 Å². The van der Waals surface area contributed by atoms with E-state index >= 15 is 0 Å². The molecule has 1 aromatic heterocycles. The molecule has 4 rings (SSSR count). The van der Waals surface area contributed by atoms with Gasteiger partial charge in [0.2, 0.25) is 5.95 Å². The summed E-state index contributed by atoms with van der Waals surface area (Å²) in [7, 11) is 3.19. The Morgan fingerprint density at radius 1 is 1.18 bits per heavy atom. The van der Waals surface area contributed by atoms with E-state index in [-0.39, 0.29) is 6.04 Å². The number of aromatic nitrogens is 2. The Morgan fingerprint density at radius 3 is 2.65 bits per heavy atom. The highest BCUT2D eigenvalue weighted by molar-refractivity contribution is 5.86. The van der Waals surface area contributed by atoms with Gasteiger partial charge in [0, 0.05) is 48.3 Å². The van der Waals surface area contributed by atoms with Crippen molar-refractivity contribution in [1.29, 1.82) is 0 Å². The molecule has 0 bridgehead atoms. The molecule has 1 atom stereocenters. The van der Waals surface area contributed by atoms with E-state index in [9.17, 15) is 4.79 Å². The predicted molar refractivity (Wildman–Crippen MR) is 130 cm³/mol. The van der Waals surface area contributed by atoms with Gasteiger partial charge in [-0.25, -0.2) is 9.78 Å². The molecule has 2 heterocycles. The van der Waals surface area contributed by atoms with Gasteiger partial charge in [0.25, 0.3) is 0 Å². The van der Waals surface area contributed by atoms with Gasteiger partial charge in [0.1, 0.15) is 17.3 Å². The summed E-state index contributed by atoms with van der Waals surface area (Å²) in [5.74, 6) is 1.35. The van der Waals surface area contributed by atoms with Crippen LogP contribution >= 0.6 is 0 Å². The van der Waals surface area contributed by atoms with Gasteiger partial charge in [-0.05, 0) is 29.7 Å². The minimum atomic E-state index is -0.998. The topological polar surface area (TPSA) is 115 Å². The molecule has 2 aromatic carbocycles. The van der Waals surface area contributed by atoms with Crippen molar-refractivity contribution < 1.29 is 24.1 Å². The molecule has 0 saturated carbocycles. The molecule has 9 nitrogen and oxygen atoms in total. The predicted octanol–water partition coefficient (Wildman–Crippen LogP) is 4.20. The van der Waals surface area contributed by atoms with Crippen LogP contribution in [-0.4, -0.2) is 54.5 Å². The monoisotopic (exact) mass is 462 g/mol. The number of nitrogens with zero attached hydrogens (tertiary/aromatic N) is 2. The summed E-state index contributed by atoms with van der Waals surface area (Å²) in [6.07, 6.45) is 5.28. The Morgan fingerprint density at radius 2 is 1.97 bits per heavy atom. The molecule has 0 amide bonds. The fourth-order valence-electron chi connectivity index (χ4n) is 3.59. The van der Waals surface area contributed by atoms with Gasteiger partial charge in [0.05, 0.1) is 26.9 Å². The summed E-state index contributed by atoms with van der Waals surface area (Å²) in [5.41, 5.74) is 3.15. The summed E-state index contributed by atoms with van der Waals surface area (Å²) in [6, 6.07) is 13.1. The van der Waals surface area contributed by atoms with Crippen molar-refractivity contribution in [3.63, 3.8) is 0 Å². The lowest BCUT2D eigenvalue weighted by atomic mass is 10.0. The molecule has 3 aromatic rings. The number of ether oxygens (including phenoxy) is 3. The molecule has 1 saturated heterocycles. The first-order valence-electron chi connectivity index (χ1n) is 10.8. The average Bonchev–Trinajstić information content (AvgIpc) is 3.36. The molecule has 3 N–H and O–H groups in total. The number of hydrogen-bond donors (Lipinski definition) is 3. The maximum atomic E-state index is 10.9. The van der Waals surface area contributed by atoms with Crippen molar-refractivity contribution in [2.45, 2.75) is 12.5 Å². The molecular formula is C25H26N4O5. The second-order valence-electron chi connectivity index (χ2n) is 7.68. The van der Waals surface area contributed by atoms with Crippen LogP contribution in [0.15, 0.2) is 54.7 Å². The van der Waals surface area contributed by atoms with Gasteiger partial charge in [0.15, 0.2) is 0 Å². The number of aliphatic carboxylic acids is 1. The maximum absolute atomic E-state index is 10.9. The number of anilines is 3. The van der Waals surface area contributed by atoms with Crippen LogP contribution in [0.25, 0.3) is 17.2 Å². The van der Waals surface area contributed by atoms with Gasteiger partial charge in [-0.15, -0.1) is 0 Å². The summed E-state index contributed by atoms with van der Waals surface area (Å²) in [6.45, 7) is 1.29. The van der Waals surface area contributed by atoms with Gasteiger partial charge in [-0.1, -0.05) is 18.2 Å². The van der Waals surface area contributed by atoms with E-state index < -0.39 is 5.97 Å². The van der Waals surface area contributed by atoms with Crippen LogP contribution in [0, 0.1) is 0 Å². The van der Waals surface area contributed by atoms with Crippen LogP contribution < -0.4 is 20.1 Å². The maximum Gasteiger partial charge on any atom is 0.328 e. The number of methoxy groups -OCH3 is 2. The number of carboxylic acids is 1. The van der Waals surface area contributed by atoms with E-state index in [1.54, 1.807) is 32.6 Å². The van der Waals surface area contributed by atoms with Crippen LogP contribution in [-0.2, 0) is 9.53 Å². The first kappa shape index (κ1) is 23.1. The van der Waals surface area contributed by atoms with Crippen molar-refractivity contribution in [1.82, 2.24) is 9.97 Å². The van der Waals surface area contributed by atoms with Crippen molar-refractivity contribution in [3.8, 4) is 22.6 Å². The van der Waals surface area contributed by atoms with E-state index in [4.69, 9.17) is 24.3 Å². The number of carboxylic acid groups (broad SMARTS) is 1. The molecule has 0 spiro atoms. The van der Waals surface area contributed by atoms with E-state index in [2.05, 4.69) is 15.6 Å². The number of benzene rings is 2. The summed E-state index contributed by atoms with van der Waals surface area (Å²) in [4.78, 5) is 20.1. The molecule has 1 aliphatic heterocycles. The Kier molecular flexibility index (Phi) is 7.24. The minimum absolute atomic E-state index is 0.133. The molecule has 1 aliphatic rings. The molecule has 9 heteroatoms. The fraction of sp³-hybridized carbons (Fsp3) is 0.240. The fourth-order valence-corrected chi connectivity index (χ4v) is 3.59. The molecule has 0 unspecified atom stereocenters. The normalized spacial score (nSPS) is 15.3. The van der Waals surface area contributed by atoms with Gasteiger partial charge >= 0.3 is 5.97 Å². The standard InChI is InChI=1S/C25H26N4O5/c1-32-20-11-19(12-21(13-20)33-2)28-25-26-14-22(24(29-25)27-18-8-9-34-15-18)17-5-3-4-16(10-17)6-7-23(30)31/h3-7,10-14,18H,8-9,15H2,1-2H3,(H,30,31)(H2,26,27,28,29)/b7-6+/t18-/m1/s1. The highest BCUT2D eigenvalue weighted by Crippen LogP contribution is 2.31. The SMILES string of the molecule is COc1cc(Nc2ncc(-c3cccc(/C=C/C(=O)O)c3)c(N[C@@H]3CCOC3)n2)cc(OC)c1. The number of nitrogens with one attached hydrogen (secondary N) is 2. The molecule has 1 fully saturated rings. The smallest absolute Gasteiger partial charge is 0.328 e. The third kappa shape index (κ3) is 5.81. The second kappa shape index (κ2) is 10.7. The summed E-state index contributed by atoms with van der Waals surface area (Å²) >= 11 is 0. The third-order valence-corrected chi connectivity index (χ3v) is 5.28. The highest BCUT2D eigenvalue weighted by Gasteiger charge is 2.19. The lowest BCUT2D eigenvalue weighted by Crippen LogP contribution is -2.20. The lowest BCUT2D eigenvalue weighted by molar-refractivity contribution is -0.131. The molecule has 0 aliphatic carbocycles. The van der Waals surface area contributed by atoms with Crippen LogP contribution in [0.2, 0.25) is 0 Å². The Labute approximate surface area is 197 Å². The number of carbonyl (C=O) groups is 1. The zero-order valence-corrected chi connectivity index (χ0v) is 18.9. The molecular weight excluding hydrogens is 436 g/mol. The summed E-state index contributed by atoms with van der Waals surface area (Å²) in [5, 5.41) is 15.6. The lowest BCUT2D eigenvalue weighted by Gasteiger charge is -2.17. The second-order valence-corrected chi connectivity index (χ2v) is 7.68. The molecule has 176 valence electrons. The molecule has 0 radical (unpaired) electrons. The van der Waals surface area contributed by atoms with Crippen LogP contribution in [0.1, 0.15) is 12.0 Å². The third-order valence-electron chi connectivity index (χ3n) is 5.28. The van der Waals surface area contributed by atoms with Crippen molar-refractivity contribution in [3.05, 3.63) is 60.3 Å². The van der Waals surface area contributed by atoms with Gasteiger partial charge in [-0.2, -0.15) is 4.98 Å². The first-order valence-corrected chi connectivity index (χ1v) is 10.8. The Bertz CT molecular complexity index is 1170. The van der Waals surface area contributed by atoms with Crippen LogP contribution in [0.3, 0.4) is 0 Å². The average molecular weight is 463 g/mol. The van der Waals surface area contributed by atoms with Crippen molar-refractivity contribution in [2.75, 3.05) is 38.1 Å². The van der Waals surface area contributed by atoms with Gasteiger partial charge in [-0.3, -0.25) is 0 Å². The van der Waals surface area contributed by atoms with Crippen LogP contribution in [0.4, 0.5) is 17.5 Å². The molecule has 34 heavy (non-hydrogen) atoms. The van der Waals surface area contributed by atoms with E-state index in [0.717, 1.165) is 34.9 Å². The van der Waals surface area contributed by atoms with E-state index in [1.165, 1.54) is 0 Å². The largest absolute Gasteiger partial charge is 0.497 e. The minimum Gasteiger partial charge on any atom is -0.497 e. The number of hydrogen-bond acceptors (Lipinski definition) is 8. The van der Waals surface area contributed by atoms with E-state index in [0.29, 0.717) is 36.5 Å². The van der Waals surface area contributed by atoms with E-state index in [1.807, 2.05) is 36.4 Å². The number of rotatable bonds is 9. The quantitative estimate of drug-likeness (QED) is 0.402. The first-order chi connectivity index (χ1) is 16.5. The highest BCUT2D eigenvalue weighted by atomic mass is 16.5. The zero-order chi connectivity index (χ0) is 23.9. The zero-order valence-electron chi connectivity index (χ0n) is 18.9.